The fourth-order valence-electron chi connectivity index (χ4n) is 2.11. The average molecular weight is 298 g/mol. The highest BCUT2D eigenvalue weighted by molar-refractivity contribution is 9.09. The number of amides is 1. The Hall–Kier alpha value is -0.870. The fourth-order valence-corrected chi connectivity index (χ4v) is 2.54. The summed E-state index contributed by atoms with van der Waals surface area (Å²) in [5, 5.41) is 9.71. The quantitative estimate of drug-likeness (QED) is 0.863. The molecule has 1 aliphatic rings. The van der Waals surface area contributed by atoms with Crippen LogP contribution in [0.4, 0.5) is 5.69 Å². The van der Waals surface area contributed by atoms with Crippen molar-refractivity contribution in [2.24, 2.45) is 5.92 Å². The van der Waals surface area contributed by atoms with Crippen molar-refractivity contribution in [2.75, 3.05) is 23.4 Å². The molecule has 0 bridgehead atoms. The van der Waals surface area contributed by atoms with Gasteiger partial charge in [-0.25, -0.2) is 0 Å². The molecule has 1 saturated heterocycles. The second kappa shape index (κ2) is 5.65. The summed E-state index contributed by atoms with van der Waals surface area (Å²) in [7, 11) is 0. The van der Waals surface area contributed by atoms with Crippen molar-refractivity contribution in [1.82, 2.24) is 0 Å². The van der Waals surface area contributed by atoms with Gasteiger partial charge in [-0.2, -0.15) is 0 Å². The summed E-state index contributed by atoms with van der Waals surface area (Å²) in [4.78, 5) is 13.7. The van der Waals surface area contributed by atoms with Gasteiger partial charge in [0.05, 0.1) is 0 Å². The molecule has 0 aliphatic carbocycles. The number of aliphatic hydroxyl groups excluding tert-OH is 1. The summed E-state index contributed by atoms with van der Waals surface area (Å²) in [6.45, 7) is 0.955. The van der Waals surface area contributed by atoms with Crippen LogP contribution in [0.1, 0.15) is 12.0 Å². The number of anilines is 1. The number of benzene rings is 1. The smallest absolute Gasteiger partial charge is 0.227 e. The Morgan fingerprint density at radius 3 is 2.59 bits per heavy atom. The van der Waals surface area contributed by atoms with Gasteiger partial charge in [-0.05, 0) is 30.0 Å². The maximum atomic E-state index is 11.8. The van der Waals surface area contributed by atoms with Crippen LogP contribution in [-0.4, -0.2) is 29.5 Å². The molecular weight excluding hydrogens is 282 g/mol. The highest BCUT2D eigenvalue weighted by Crippen LogP contribution is 2.26. The standard InChI is InChI=1S/C13H16BrNO2/c14-8-11-7-13(17)15(9-11)12-3-1-10(2-4-12)5-6-16/h1-4,11,16H,5-9H2. The molecule has 1 unspecified atom stereocenters. The van der Waals surface area contributed by atoms with Crippen LogP contribution in [0.3, 0.4) is 0 Å². The van der Waals surface area contributed by atoms with Crippen LogP contribution in [0.15, 0.2) is 24.3 Å². The van der Waals surface area contributed by atoms with Gasteiger partial charge in [-0.1, -0.05) is 28.1 Å². The minimum Gasteiger partial charge on any atom is -0.396 e. The third-order valence-electron chi connectivity index (χ3n) is 3.07. The maximum absolute atomic E-state index is 11.8. The first kappa shape index (κ1) is 12.6. The van der Waals surface area contributed by atoms with E-state index in [1.54, 1.807) is 0 Å². The van der Waals surface area contributed by atoms with E-state index in [0.29, 0.717) is 18.8 Å². The largest absolute Gasteiger partial charge is 0.396 e. The third kappa shape index (κ3) is 2.87. The van der Waals surface area contributed by atoms with Crippen molar-refractivity contribution >= 4 is 27.5 Å². The number of hydrogen-bond donors (Lipinski definition) is 1. The molecular formula is C13H16BrNO2. The molecule has 1 heterocycles. The summed E-state index contributed by atoms with van der Waals surface area (Å²) in [5.41, 5.74) is 2.06. The minimum atomic E-state index is 0.160. The first-order chi connectivity index (χ1) is 8.24. The van der Waals surface area contributed by atoms with E-state index >= 15 is 0 Å². The lowest BCUT2D eigenvalue weighted by Crippen LogP contribution is -2.24. The number of hydrogen-bond acceptors (Lipinski definition) is 2. The first-order valence-corrected chi connectivity index (χ1v) is 6.93. The molecule has 92 valence electrons. The summed E-state index contributed by atoms with van der Waals surface area (Å²) < 4.78 is 0. The Morgan fingerprint density at radius 2 is 2.06 bits per heavy atom. The van der Waals surface area contributed by atoms with Crippen molar-refractivity contribution in [3.05, 3.63) is 29.8 Å². The van der Waals surface area contributed by atoms with Crippen LogP contribution in [-0.2, 0) is 11.2 Å². The summed E-state index contributed by atoms with van der Waals surface area (Å²) in [5.74, 6) is 0.615. The molecule has 0 saturated carbocycles. The SMILES string of the molecule is O=C1CC(CBr)CN1c1ccc(CCO)cc1. The van der Waals surface area contributed by atoms with Gasteiger partial charge >= 0.3 is 0 Å². The Kier molecular flexibility index (Phi) is 4.18. The van der Waals surface area contributed by atoms with Crippen LogP contribution < -0.4 is 4.90 Å². The Labute approximate surface area is 110 Å². The van der Waals surface area contributed by atoms with Crippen molar-refractivity contribution in [2.45, 2.75) is 12.8 Å². The normalized spacial score (nSPS) is 20.0. The predicted molar refractivity (Wildman–Crippen MR) is 71.5 cm³/mol. The summed E-state index contributed by atoms with van der Waals surface area (Å²) >= 11 is 3.43. The Bertz CT molecular complexity index is 391. The summed E-state index contributed by atoms with van der Waals surface area (Å²) in [6.07, 6.45) is 1.29. The van der Waals surface area contributed by atoms with Crippen LogP contribution in [0.5, 0.6) is 0 Å². The minimum absolute atomic E-state index is 0.160. The van der Waals surface area contributed by atoms with Crippen molar-refractivity contribution < 1.29 is 9.90 Å². The number of carbonyl (C=O) groups excluding carboxylic acids is 1. The molecule has 1 aromatic carbocycles. The third-order valence-corrected chi connectivity index (χ3v) is 3.99. The van der Waals surface area contributed by atoms with Gasteiger partial charge in [0.2, 0.25) is 5.91 Å². The lowest BCUT2D eigenvalue weighted by atomic mass is 10.1. The van der Waals surface area contributed by atoms with Crippen molar-refractivity contribution in [3.63, 3.8) is 0 Å². The van der Waals surface area contributed by atoms with E-state index in [2.05, 4.69) is 15.9 Å². The molecule has 1 atom stereocenters. The molecule has 0 spiro atoms. The Balaban J connectivity index is 2.09. The first-order valence-electron chi connectivity index (χ1n) is 5.80. The molecule has 0 radical (unpaired) electrons. The number of carbonyl (C=O) groups is 1. The van der Waals surface area contributed by atoms with Crippen LogP contribution in [0.25, 0.3) is 0 Å². The zero-order valence-electron chi connectivity index (χ0n) is 9.60. The van der Waals surface area contributed by atoms with Gasteiger partial charge in [-0.15, -0.1) is 0 Å². The fraction of sp³-hybridized carbons (Fsp3) is 0.462. The van der Waals surface area contributed by atoms with Gasteiger partial charge in [0.25, 0.3) is 0 Å². The van der Waals surface area contributed by atoms with E-state index < -0.39 is 0 Å². The summed E-state index contributed by atoms with van der Waals surface area (Å²) in [6, 6.07) is 7.86. The van der Waals surface area contributed by atoms with Gasteiger partial charge in [0.15, 0.2) is 0 Å². The van der Waals surface area contributed by atoms with E-state index in [1.807, 2.05) is 29.2 Å². The van der Waals surface area contributed by atoms with E-state index in [-0.39, 0.29) is 12.5 Å². The second-order valence-corrected chi connectivity index (χ2v) is 5.02. The molecule has 2 rings (SSSR count). The molecule has 1 fully saturated rings. The van der Waals surface area contributed by atoms with E-state index in [4.69, 9.17) is 5.11 Å². The number of halogens is 1. The average Bonchev–Trinajstić information content (AvgIpc) is 2.72. The molecule has 0 aromatic heterocycles. The van der Waals surface area contributed by atoms with Gasteiger partial charge in [-0.3, -0.25) is 4.79 Å². The topological polar surface area (TPSA) is 40.5 Å². The molecule has 1 N–H and O–H groups in total. The van der Waals surface area contributed by atoms with Gasteiger partial charge < -0.3 is 10.0 Å². The van der Waals surface area contributed by atoms with E-state index in [0.717, 1.165) is 23.1 Å². The molecule has 1 amide bonds. The highest BCUT2D eigenvalue weighted by Gasteiger charge is 2.29. The molecule has 1 aromatic rings. The van der Waals surface area contributed by atoms with Gasteiger partial charge in [0, 0.05) is 30.6 Å². The van der Waals surface area contributed by atoms with Crippen LogP contribution in [0.2, 0.25) is 0 Å². The predicted octanol–water partition coefficient (Wildman–Crippen LogP) is 1.97. The lowest BCUT2D eigenvalue weighted by molar-refractivity contribution is -0.117. The molecule has 17 heavy (non-hydrogen) atoms. The van der Waals surface area contributed by atoms with Crippen LogP contribution in [0, 0.1) is 5.92 Å². The highest BCUT2D eigenvalue weighted by atomic mass is 79.9. The van der Waals surface area contributed by atoms with Crippen molar-refractivity contribution in [3.8, 4) is 0 Å². The van der Waals surface area contributed by atoms with Crippen LogP contribution >= 0.6 is 15.9 Å². The zero-order chi connectivity index (χ0) is 12.3. The van der Waals surface area contributed by atoms with Crippen molar-refractivity contribution in [1.29, 1.82) is 0 Å². The van der Waals surface area contributed by atoms with E-state index in [9.17, 15) is 4.79 Å². The number of alkyl halides is 1. The number of rotatable bonds is 4. The van der Waals surface area contributed by atoms with Gasteiger partial charge in [0.1, 0.15) is 0 Å². The molecule has 4 heteroatoms. The lowest BCUT2D eigenvalue weighted by Gasteiger charge is -2.16. The Morgan fingerprint density at radius 1 is 1.35 bits per heavy atom. The van der Waals surface area contributed by atoms with E-state index in [1.165, 1.54) is 0 Å². The second-order valence-electron chi connectivity index (χ2n) is 4.37. The maximum Gasteiger partial charge on any atom is 0.227 e. The molecule has 3 nitrogen and oxygen atoms in total. The number of aliphatic hydroxyl groups is 1. The molecule has 1 aliphatic heterocycles. The monoisotopic (exact) mass is 297 g/mol. The number of nitrogens with zero attached hydrogens (tertiary/aromatic N) is 1. The zero-order valence-corrected chi connectivity index (χ0v) is 11.2.